The molecule has 2 aliphatic rings. The number of ketones is 1. The molecule has 2 aliphatic carbocycles. The highest BCUT2D eigenvalue weighted by Gasteiger charge is 2.47. The van der Waals surface area contributed by atoms with Crippen molar-refractivity contribution in [2.45, 2.75) is 39.7 Å². The summed E-state index contributed by atoms with van der Waals surface area (Å²) in [5, 5.41) is 10.4. The van der Waals surface area contributed by atoms with Crippen LogP contribution in [0.2, 0.25) is 0 Å². The number of Topliss-reactive ketones (excluding diaryl/α,β-unsaturated/α-hetero) is 1. The minimum Gasteiger partial charge on any atom is -0.466 e. The Hall–Kier alpha value is -1.16. The van der Waals surface area contributed by atoms with E-state index in [0.717, 1.165) is 6.42 Å². The first kappa shape index (κ1) is 15.2. The van der Waals surface area contributed by atoms with E-state index in [2.05, 4.69) is 6.08 Å². The summed E-state index contributed by atoms with van der Waals surface area (Å²) in [6.07, 6.45) is 4.69. The van der Waals surface area contributed by atoms with Gasteiger partial charge >= 0.3 is 5.97 Å². The van der Waals surface area contributed by atoms with Gasteiger partial charge in [0.05, 0.1) is 18.6 Å². The summed E-state index contributed by atoms with van der Waals surface area (Å²) in [5.41, 5.74) is 0. The molecule has 0 aromatic rings. The lowest BCUT2D eigenvalue weighted by atomic mass is 9.61. The highest BCUT2D eigenvalue weighted by atomic mass is 16.5. The minimum absolute atomic E-state index is 0.0684. The first-order chi connectivity index (χ1) is 9.45. The predicted octanol–water partition coefficient (Wildman–Crippen LogP) is 1.96. The van der Waals surface area contributed by atoms with Gasteiger partial charge in [0.25, 0.3) is 0 Å². The van der Waals surface area contributed by atoms with Gasteiger partial charge in [-0.1, -0.05) is 19.1 Å². The smallest absolute Gasteiger partial charge is 0.309 e. The van der Waals surface area contributed by atoms with Crippen LogP contribution in [0.4, 0.5) is 0 Å². The molecular formula is C16H24O4. The molecule has 0 amide bonds. The molecule has 1 fully saturated rings. The Morgan fingerprint density at radius 1 is 1.30 bits per heavy atom. The average Bonchev–Trinajstić information content (AvgIpc) is 2.39. The van der Waals surface area contributed by atoms with Crippen LogP contribution >= 0.6 is 0 Å². The van der Waals surface area contributed by atoms with Crippen molar-refractivity contribution in [3.05, 3.63) is 12.2 Å². The van der Waals surface area contributed by atoms with Gasteiger partial charge in [0.2, 0.25) is 0 Å². The fourth-order valence-electron chi connectivity index (χ4n) is 3.76. The topological polar surface area (TPSA) is 63.6 Å². The van der Waals surface area contributed by atoms with Crippen LogP contribution in [0.3, 0.4) is 0 Å². The van der Waals surface area contributed by atoms with Crippen molar-refractivity contribution in [3.8, 4) is 0 Å². The number of rotatable bonds is 3. The maximum absolute atomic E-state index is 12.2. The number of ether oxygens (including phenoxy) is 1. The molecule has 112 valence electrons. The molecule has 6 atom stereocenters. The summed E-state index contributed by atoms with van der Waals surface area (Å²) in [4.78, 5) is 23.8. The summed E-state index contributed by atoms with van der Waals surface area (Å²) in [6, 6.07) is 0. The standard InChI is InChI=1S/C16H24O4/c1-4-20-16(19)14-9(2)5-6-11-7-12(10(3)17)8-13(18)15(11)14/h5-6,9,11-15,18H,4,7-8H2,1-3H3/t9-,11?,12+,13-,14-,15?/m0/s1. The van der Waals surface area contributed by atoms with E-state index < -0.39 is 6.10 Å². The highest BCUT2D eigenvalue weighted by molar-refractivity contribution is 5.79. The lowest BCUT2D eigenvalue weighted by Gasteiger charge is -2.44. The molecule has 0 saturated heterocycles. The summed E-state index contributed by atoms with van der Waals surface area (Å²) in [5.74, 6) is -0.441. The van der Waals surface area contributed by atoms with Gasteiger partial charge < -0.3 is 9.84 Å². The third kappa shape index (κ3) is 2.80. The van der Waals surface area contributed by atoms with E-state index in [1.54, 1.807) is 13.8 Å². The van der Waals surface area contributed by atoms with Crippen molar-refractivity contribution in [1.82, 2.24) is 0 Å². The molecule has 1 N–H and O–H groups in total. The average molecular weight is 280 g/mol. The summed E-state index contributed by atoms with van der Waals surface area (Å²) in [6.45, 7) is 5.71. The molecular weight excluding hydrogens is 256 g/mol. The SMILES string of the molecule is CCOC(=O)[C@@H]1C2C(C=C[C@@H]1C)C[C@@H](C(C)=O)C[C@@H]2O. The molecule has 1 saturated carbocycles. The summed E-state index contributed by atoms with van der Waals surface area (Å²) >= 11 is 0. The van der Waals surface area contributed by atoms with Crippen molar-refractivity contribution < 1.29 is 19.4 Å². The van der Waals surface area contributed by atoms with Crippen LogP contribution in [0.1, 0.15) is 33.6 Å². The number of hydrogen-bond donors (Lipinski definition) is 1. The zero-order chi connectivity index (χ0) is 14.9. The molecule has 0 aromatic carbocycles. The Morgan fingerprint density at radius 3 is 2.60 bits per heavy atom. The lowest BCUT2D eigenvalue weighted by Crippen LogP contribution is -2.48. The van der Waals surface area contributed by atoms with Gasteiger partial charge in [-0.2, -0.15) is 0 Å². The van der Waals surface area contributed by atoms with E-state index in [1.807, 2.05) is 13.0 Å². The van der Waals surface area contributed by atoms with Gasteiger partial charge in [-0.25, -0.2) is 0 Å². The van der Waals surface area contributed by atoms with E-state index in [-0.39, 0.29) is 41.3 Å². The maximum Gasteiger partial charge on any atom is 0.309 e. The van der Waals surface area contributed by atoms with Crippen molar-refractivity contribution in [2.75, 3.05) is 6.61 Å². The third-order valence-electron chi connectivity index (χ3n) is 4.80. The van der Waals surface area contributed by atoms with Gasteiger partial charge in [0, 0.05) is 11.8 Å². The summed E-state index contributed by atoms with van der Waals surface area (Å²) < 4.78 is 5.17. The van der Waals surface area contributed by atoms with Crippen LogP contribution in [0.5, 0.6) is 0 Å². The first-order valence-electron chi connectivity index (χ1n) is 7.49. The van der Waals surface area contributed by atoms with E-state index >= 15 is 0 Å². The Kier molecular flexibility index (Phi) is 4.63. The number of carbonyl (C=O) groups excluding carboxylic acids is 2. The largest absolute Gasteiger partial charge is 0.466 e. The molecule has 0 spiro atoms. The third-order valence-corrected chi connectivity index (χ3v) is 4.80. The van der Waals surface area contributed by atoms with E-state index in [0.29, 0.717) is 13.0 Å². The van der Waals surface area contributed by atoms with Gasteiger partial charge in [-0.05, 0) is 38.5 Å². The van der Waals surface area contributed by atoms with Crippen LogP contribution < -0.4 is 0 Å². The predicted molar refractivity (Wildman–Crippen MR) is 74.8 cm³/mol. The highest BCUT2D eigenvalue weighted by Crippen LogP contribution is 2.45. The van der Waals surface area contributed by atoms with Crippen molar-refractivity contribution in [2.24, 2.45) is 29.6 Å². The lowest BCUT2D eigenvalue weighted by molar-refractivity contribution is -0.157. The number of aliphatic hydroxyl groups is 1. The van der Waals surface area contributed by atoms with E-state index in [4.69, 9.17) is 4.74 Å². The van der Waals surface area contributed by atoms with Crippen LogP contribution in [-0.4, -0.2) is 29.6 Å². The normalized spacial score (nSPS) is 40.0. The molecule has 20 heavy (non-hydrogen) atoms. The number of aliphatic hydroxyl groups excluding tert-OH is 1. The van der Waals surface area contributed by atoms with E-state index in [1.165, 1.54) is 0 Å². The van der Waals surface area contributed by atoms with Gasteiger partial charge in [0.1, 0.15) is 5.78 Å². The number of hydrogen-bond acceptors (Lipinski definition) is 4. The second-order valence-electron chi connectivity index (χ2n) is 6.11. The molecule has 0 heterocycles. The zero-order valence-electron chi connectivity index (χ0n) is 12.4. The van der Waals surface area contributed by atoms with Crippen molar-refractivity contribution in [1.29, 1.82) is 0 Å². The van der Waals surface area contributed by atoms with Gasteiger partial charge in [0.15, 0.2) is 0 Å². The molecule has 0 radical (unpaired) electrons. The fraction of sp³-hybridized carbons (Fsp3) is 0.750. The molecule has 0 aromatic heterocycles. The van der Waals surface area contributed by atoms with Crippen LogP contribution in [0.25, 0.3) is 0 Å². The number of carbonyl (C=O) groups is 2. The number of esters is 1. The first-order valence-corrected chi connectivity index (χ1v) is 7.49. The van der Waals surface area contributed by atoms with Crippen molar-refractivity contribution >= 4 is 11.8 Å². The van der Waals surface area contributed by atoms with Crippen LogP contribution in [-0.2, 0) is 14.3 Å². The molecule has 0 aliphatic heterocycles. The van der Waals surface area contributed by atoms with Crippen molar-refractivity contribution in [3.63, 3.8) is 0 Å². The Balaban J connectivity index is 2.23. The molecule has 2 rings (SSSR count). The zero-order valence-corrected chi connectivity index (χ0v) is 12.4. The molecule has 4 heteroatoms. The van der Waals surface area contributed by atoms with Gasteiger partial charge in [-0.3, -0.25) is 9.59 Å². The minimum atomic E-state index is -0.607. The second-order valence-corrected chi connectivity index (χ2v) is 6.11. The maximum atomic E-state index is 12.2. The Morgan fingerprint density at radius 2 is 2.00 bits per heavy atom. The number of allylic oxidation sites excluding steroid dienone is 2. The monoisotopic (exact) mass is 280 g/mol. The second kappa shape index (κ2) is 6.08. The Labute approximate surface area is 120 Å². The molecule has 2 unspecified atom stereocenters. The van der Waals surface area contributed by atoms with E-state index in [9.17, 15) is 14.7 Å². The molecule has 4 nitrogen and oxygen atoms in total. The molecule has 0 bridgehead atoms. The van der Waals surface area contributed by atoms with Crippen LogP contribution in [0.15, 0.2) is 12.2 Å². The van der Waals surface area contributed by atoms with Crippen LogP contribution in [0, 0.1) is 29.6 Å². The quantitative estimate of drug-likeness (QED) is 0.634. The Bertz CT molecular complexity index is 415. The number of fused-ring (bicyclic) bond motifs is 1. The van der Waals surface area contributed by atoms with Gasteiger partial charge in [-0.15, -0.1) is 0 Å². The summed E-state index contributed by atoms with van der Waals surface area (Å²) in [7, 11) is 0. The fourth-order valence-corrected chi connectivity index (χ4v) is 3.76.